The Labute approximate surface area is 132 Å². The summed E-state index contributed by atoms with van der Waals surface area (Å²) >= 11 is 0. The third-order valence-corrected chi connectivity index (χ3v) is 4.16. The van der Waals surface area contributed by atoms with Crippen LogP contribution in [0.4, 0.5) is 13.2 Å². The number of rotatable bonds is 3. The molecule has 3 heterocycles. The van der Waals surface area contributed by atoms with Crippen molar-refractivity contribution in [2.45, 2.75) is 46.1 Å². The summed E-state index contributed by atoms with van der Waals surface area (Å²) in [6, 6.07) is 0. The zero-order valence-electron chi connectivity index (χ0n) is 13.1. The second-order valence-electron chi connectivity index (χ2n) is 5.69. The van der Waals surface area contributed by atoms with Crippen molar-refractivity contribution >= 4 is 0 Å². The van der Waals surface area contributed by atoms with Crippen molar-refractivity contribution in [1.29, 1.82) is 0 Å². The maximum absolute atomic E-state index is 12.7. The number of hydrogen-bond acceptors (Lipinski definition) is 4. The Bertz CT molecular complexity index is 708. The van der Waals surface area contributed by atoms with Crippen molar-refractivity contribution in [3.05, 3.63) is 40.7 Å². The maximum atomic E-state index is 12.7. The fraction of sp³-hybridized carbons (Fsp3) is 0.533. The van der Waals surface area contributed by atoms with E-state index in [2.05, 4.69) is 20.0 Å². The summed E-state index contributed by atoms with van der Waals surface area (Å²) in [5, 5.41) is 4.32. The molecule has 0 aromatic carbocycles. The minimum absolute atomic E-state index is 0.502. The molecule has 5 nitrogen and oxygen atoms in total. The van der Waals surface area contributed by atoms with Gasteiger partial charge in [-0.05, 0) is 13.8 Å². The summed E-state index contributed by atoms with van der Waals surface area (Å²) in [4.78, 5) is 9.33. The van der Waals surface area contributed by atoms with Crippen LogP contribution in [0.25, 0.3) is 0 Å². The van der Waals surface area contributed by atoms with Crippen LogP contribution in [0.1, 0.15) is 35.3 Å². The van der Waals surface area contributed by atoms with E-state index in [0.29, 0.717) is 25.2 Å². The van der Waals surface area contributed by atoms with Gasteiger partial charge in [0.1, 0.15) is 0 Å². The fourth-order valence-electron chi connectivity index (χ4n) is 2.85. The van der Waals surface area contributed by atoms with E-state index in [9.17, 15) is 13.2 Å². The molecule has 0 bridgehead atoms. The van der Waals surface area contributed by atoms with Gasteiger partial charge in [0.25, 0.3) is 0 Å². The fourth-order valence-corrected chi connectivity index (χ4v) is 2.85. The predicted molar refractivity (Wildman–Crippen MR) is 77.5 cm³/mol. The van der Waals surface area contributed by atoms with Gasteiger partial charge in [-0.2, -0.15) is 18.3 Å². The first-order valence-electron chi connectivity index (χ1n) is 7.54. The molecule has 0 N–H and O–H groups in total. The lowest BCUT2D eigenvalue weighted by Gasteiger charge is -2.28. The monoisotopic (exact) mass is 325 g/mol. The van der Waals surface area contributed by atoms with Crippen molar-refractivity contribution in [2.75, 3.05) is 6.54 Å². The molecular weight excluding hydrogens is 307 g/mol. The molecule has 0 spiro atoms. The van der Waals surface area contributed by atoms with E-state index >= 15 is 0 Å². The maximum Gasteiger partial charge on any atom is 0.451 e. The molecule has 3 rings (SSSR count). The molecular formula is C15H18F3N5. The summed E-state index contributed by atoms with van der Waals surface area (Å²) in [5.41, 5.74) is 3.54. The van der Waals surface area contributed by atoms with E-state index in [1.54, 1.807) is 0 Å². The van der Waals surface area contributed by atoms with Crippen molar-refractivity contribution in [3.8, 4) is 0 Å². The second kappa shape index (κ2) is 5.92. The minimum Gasteiger partial charge on any atom is -0.294 e. The first-order valence-corrected chi connectivity index (χ1v) is 7.54. The summed E-state index contributed by atoms with van der Waals surface area (Å²) in [6.07, 6.45) is -0.822. The summed E-state index contributed by atoms with van der Waals surface area (Å²) < 4.78 is 39.9. The average Bonchev–Trinajstić information content (AvgIpc) is 2.86. The van der Waals surface area contributed by atoms with E-state index in [1.165, 1.54) is 6.20 Å². The molecule has 124 valence electrons. The summed E-state index contributed by atoms with van der Waals surface area (Å²) in [5.74, 6) is -1.05. The van der Waals surface area contributed by atoms with E-state index in [0.717, 1.165) is 29.9 Å². The van der Waals surface area contributed by atoms with Gasteiger partial charge in [-0.25, -0.2) is 9.97 Å². The molecule has 0 saturated carbocycles. The summed E-state index contributed by atoms with van der Waals surface area (Å²) in [7, 11) is 0. The smallest absolute Gasteiger partial charge is 0.294 e. The van der Waals surface area contributed by atoms with Crippen LogP contribution in [0.3, 0.4) is 0 Å². The normalized spacial score (nSPS) is 15.7. The number of fused-ring (bicyclic) bond motifs is 1. The van der Waals surface area contributed by atoms with Crippen LogP contribution >= 0.6 is 0 Å². The Hall–Kier alpha value is -1.96. The van der Waals surface area contributed by atoms with Gasteiger partial charge in [0.05, 0.1) is 11.9 Å². The van der Waals surface area contributed by atoms with Gasteiger partial charge in [-0.3, -0.25) is 9.58 Å². The Morgan fingerprint density at radius 1 is 1.26 bits per heavy atom. The summed E-state index contributed by atoms with van der Waals surface area (Å²) in [6.45, 7) is 6.86. The molecule has 0 saturated heterocycles. The molecule has 0 radical (unpaired) electrons. The van der Waals surface area contributed by atoms with Gasteiger partial charge < -0.3 is 0 Å². The van der Waals surface area contributed by atoms with Crippen molar-refractivity contribution in [2.24, 2.45) is 0 Å². The highest BCUT2D eigenvalue weighted by Crippen LogP contribution is 2.28. The lowest BCUT2D eigenvalue weighted by molar-refractivity contribution is -0.145. The molecule has 2 aromatic heterocycles. The molecule has 2 aromatic rings. The van der Waals surface area contributed by atoms with Crippen LogP contribution in [-0.2, 0) is 32.2 Å². The number of alkyl halides is 3. The highest BCUT2D eigenvalue weighted by molar-refractivity contribution is 5.22. The topological polar surface area (TPSA) is 46.8 Å². The van der Waals surface area contributed by atoms with E-state index in [1.807, 2.05) is 24.7 Å². The molecule has 0 atom stereocenters. The van der Waals surface area contributed by atoms with Crippen LogP contribution in [0, 0.1) is 6.92 Å². The van der Waals surface area contributed by atoms with Crippen LogP contribution in [0.15, 0.2) is 12.4 Å². The molecule has 1 aliphatic heterocycles. The Kier molecular flexibility index (Phi) is 4.09. The van der Waals surface area contributed by atoms with Crippen LogP contribution in [0.5, 0.6) is 0 Å². The third-order valence-electron chi connectivity index (χ3n) is 4.16. The van der Waals surface area contributed by atoms with Gasteiger partial charge >= 0.3 is 6.18 Å². The number of nitrogens with zero attached hydrogens (tertiary/aromatic N) is 5. The minimum atomic E-state index is -4.49. The second-order valence-corrected chi connectivity index (χ2v) is 5.69. The van der Waals surface area contributed by atoms with Crippen molar-refractivity contribution in [3.63, 3.8) is 0 Å². The first kappa shape index (κ1) is 15.9. The number of aromatic nitrogens is 4. The van der Waals surface area contributed by atoms with Gasteiger partial charge in [0.2, 0.25) is 5.82 Å². The van der Waals surface area contributed by atoms with Crippen LogP contribution in [-0.4, -0.2) is 31.2 Å². The lowest BCUT2D eigenvalue weighted by Crippen LogP contribution is -2.31. The van der Waals surface area contributed by atoms with Crippen molar-refractivity contribution in [1.82, 2.24) is 24.6 Å². The highest BCUT2D eigenvalue weighted by atomic mass is 19.4. The van der Waals surface area contributed by atoms with Crippen LogP contribution in [0.2, 0.25) is 0 Å². The Balaban J connectivity index is 1.74. The zero-order chi connectivity index (χ0) is 16.6. The molecule has 1 aliphatic rings. The van der Waals surface area contributed by atoms with Gasteiger partial charge in [-0.1, -0.05) is 0 Å². The van der Waals surface area contributed by atoms with E-state index in [4.69, 9.17) is 0 Å². The van der Waals surface area contributed by atoms with Crippen LogP contribution < -0.4 is 0 Å². The Morgan fingerprint density at radius 2 is 2.04 bits per heavy atom. The van der Waals surface area contributed by atoms with Gasteiger partial charge in [0.15, 0.2) is 0 Å². The highest BCUT2D eigenvalue weighted by Gasteiger charge is 2.35. The molecule has 23 heavy (non-hydrogen) atoms. The molecule has 0 aliphatic carbocycles. The average molecular weight is 325 g/mol. The molecule has 8 heteroatoms. The number of aryl methyl sites for hydroxylation is 1. The zero-order valence-corrected chi connectivity index (χ0v) is 13.1. The third kappa shape index (κ3) is 3.21. The van der Waals surface area contributed by atoms with Crippen molar-refractivity contribution < 1.29 is 13.2 Å². The quantitative estimate of drug-likeness (QED) is 0.870. The lowest BCUT2D eigenvalue weighted by atomic mass is 10.1. The first-order chi connectivity index (χ1) is 10.9. The predicted octanol–water partition coefficient (Wildman–Crippen LogP) is 2.58. The van der Waals surface area contributed by atoms with E-state index in [-0.39, 0.29) is 0 Å². The van der Waals surface area contributed by atoms with Gasteiger partial charge in [-0.15, -0.1) is 0 Å². The molecule has 0 unspecified atom stereocenters. The van der Waals surface area contributed by atoms with Gasteiger partial charge in [0, 0.05) is 55.6 Å². The number of hydrogen-bond donors (Lipinski definition) is 0. The molecule has 0 amide bonds. The Morgan fingerprint density at radius 3 is 2.70 bits per heavy atom. The number of halogens is 3. The molecule has 0 fully saturated rings. The SMILES string of the molecule is CCn1ncc(CN2CCc3nc(C(F)(F)F)ncc3C2)c1C. The standard InChI is InChI=1S/C15H18F3N5/c1-3-23-10(2)11(7-20-23)8-22-5-4-13-12(9-22)6-19-14(21-13)15(16,17)18/h6-7H,3-5,8-9H2,1-2H3. The van der Waals surface area contributed by atoms with E-state index < -0.39 is 12.0 Å². The largest absolute Gasteiger partial charge is 0.451 e.